The van der Waals surface area contributed by atoms with E-state index in [0.717, 1.165) is 13.0 Å². The fourth-order valence-electron chi connectivity index (χ4n) is 3.45. The average Bonchev–Trinajstić information content (AvgIpc) is 2.79. The molecule has 0 unspecified atom stereocenters. The molecule has 0 N–H and O–H groups in total. The minimum absolute atomic E-state index is 0.742. The highest BCUT2D eigenvalue weighted by atomic mass is 17.2. The number of hydrogen-bond acceptors (Lipinski definition) is 2. The molecule has 0 amide bonds. The zero-order valence-electron chi connectivity index (χ0n) is 22.0. The summed E-state index contributed by atoms with van der Waals surface area (Å²) in [6.45, 7) is 7.45. The Morgan fingerprint density at radius 1 is 0.452 bits per heavy atom. The molecule has 0 fully saturated rings. The van der Waals surface area contributed by atoms with Crippen LogP contribution in [0.1, 0.15) is 149 Å². The quantitative estimate of drug-likeness (QED) is 0.0683. The SMILES string of the molecule is CC/C=C/CCCCCCCC/C=C/CCCC.CCCCCCCCCCOOC. The van der Waals surface area contributed by atoms with Crippen LogP contribution < -0.4 is 0 Å². The maximum Gasteiger partial charge on any atom is 0.0822 e. The normalized spacial score (nSPS) is 11.4. The van der Waals surface area contributed by atoms with E-state index in [1.165, 1.54) is 122 Å². The standard InChI is InChI=1S/C18H34.C11H24O2/c1-3-5-7-9-11-13-15-17-18-16-14-12-10-8-6-4-2;1-3-4-5-6-7-8-9-10-11-13-12-2/h5,7,10,12H,3-4,6,8-9,11,13-18H2,1-2H3;3-11H2,1-2H3/b7-5+,12-10+;. The van der Waals surface area contributed by atoms with Crippen LogP contribution in [0.25, 0.3) is 0 Å². The Hall–Kier alpha value is -0.600. The smallest absolute Gasteiger partial charge is 0.0822 e. The Morgan fingerprint density at radius 2 is 0.871 bits per heavy atom. The van der Waals surface area contributed by atoms with Gasteiger partial charge in [0.1, 0.15) is 0 Å². The molecule has 0 aliphatic heterocycles. The topological polar surface area (TPSA) is 18.5 Å². The van der Waals surface area contributed by atoms with Gasteiger partial charge in [-0.1, -0.05) is 129 Å². The van der Waals surface area contributed by atoms with Crippen LogP contribution in [0.3, 0.4) is 0 Å². The van der Waals surface area contributed by atoms with E-state index in [0.29, 0.717) is 0 Å². The zero-order valence-corrected chi connectivity index (χ0v) is 22.0. The van der Waals surface area contributed by atoms with Gasteiger partial charge in [-0.3, -0.25) is 0 Å². The van der Waals surface area contributed by atoms with Crippen molar-refractivity contribution in [2.75, 3.05) is 13.7 Å². The predicted octanol–water partition coefficient (Wildman–Crippen LogP) is 10.5. The minimum Gasteiger partial charge on any atom is -0.240 e. The molecule has 0 radical (unpaired) electrons. The highest BCUT2D eigenvalue weighted by molar-refractivity contribution is 4.81. The van der Waals surface area contributed by atoms with Crippen molar-refractivity contribution in [2.45, 2.75) is 149 Å². The van der Waals surface area contributed by atoms with Crippen LogP contribution in [0.4, 0.5) is 0 Å². The van der Waals surface area contributed by atoms with Crippen molar-refractivity contribution in [3.8, 4) is 0 Å². The fraction of sp³-hybridized carbons (Fsp3) is 0.862. The predicted molar refractivity (Wildman–Crippen MR) is 141 cm³/mol. The lowest BCUT2D eigenvalue weighted by atomic mass is 10.1. The third-order valence-corrected chi connectivity index (χ3v) is 5.48. The molecule has 0 aromatic rings. The Kier molecular flexibility index (Phi) is 35.8. The Bertz CT molecular complexity index is 326. The van der Waals surface area contributed by atoms with Gasteiger partial charge in [-0.2, -0.15) is 0 Å². The third-order valence-electron chi connectivity index (χ3n) is 5.48. The summed E-state index contributed by atoms with van der Waals surface area (Å²) in [4.78, 5) is 9.28. The molecule has 0 bridgehead atoms. The van der Waals surface area contributed by atoms with Crippen LogP contribution >= 0.6 is 0 Å². The molecule has 0 spiro atoms. The first kappa shape index (κ1) is 32.6. The van der Waals surface area contributed by atoms with Crippen LogP contribution in [0, 0.1) is 0 Å². The molecule has 0 atom stereocenters. The lowest BCUT2D eigenvalue weighted by molar-refractivity contribution is -0.272. The van der Waals surface area contributed by atoms with Crippen molar-refractivity contribution in [1.29, 1.82) is 0 Å². The van der Waals surface area contributed by atoms with Gasteiger partial charge in [0.05, 0.1) is 13.7 Å². The van der Waals surface area contributed by atoms with E-state index in [4.69, 9.17) is 4.89 Å². The summed E-state index contributed by atoms with van der Waals surface area (Å²) >= 11 is 0. The van der Waals surface area contributed by atoms with E-state index >= 15 is 0 Å². The van der Waals surface area contributed by atoms with Crippen LogP contribution in [0.5, 0.6) is 0 Å². The van der Waals surface area contributed by atoms with Gasteiger partial charge in [0.15, 0.2) is 0 Å². The summed E-state index contributed by atoms with van der Waals surface area (Å²) in [5.41, 5.74) is 0. The van der Waals surface area contributed by atoms with E-state index in [1.807, 2.05) is 0 Å². The molecule has 2 heteroatoms. The summed E-state index contributed by atoms with van der Waals surface area (Å²) < 4.78 is 0. The van der Waals surface area contributed by atoms with Gasteiger partial charge in [0.2, 0.25) is 0 Å². The van der Waals surface area contributed by atoms with Gasteiger partial charge in [-0.15, -0.1) is 0 Å². The van der Waals surface area contributed by atoms with Gasteiger partial charge in [0.25, 0.3) is 0 Å². The molecule has 0 aliphatic rings. The first-order chi connectivity index (χ1) is 15.3. The van der Waals surface area contributed by atoms with Crippen molar-refractivity contribution in [2.24, 2.45) is 0 Å². The van der Waals surface area contributed by atoms with E-state index in [2.05, 4.69) is 50.0 Å². The first-order valence-electron chi connectivity index (χ1n) is 13.8. The number of unbranched alkanes of at least 4 members (excludes halogenated alkanes) is 16. The molecule has 0 saturated heterocycles. The molecule has 0 rings (SSSR count). The van der Waals surface area contributed by atoms with E-state index in [9.17, 15) is 0 Å². The molecule has 186 valence electrons. The Morgan fingerprint density at radius 3 is 1.35 bits per heavy atom. The molecular weight excluding hydrogens is 380 g/mol. The van der Waals surface area contributed by atoms with Crippen molar-refractivity contribution in [1.82, 2.24) is 0 Å². The summed E-state index contributed by atoms with van der Waals surface area (Å²) in [7, 11) is 1.56. The van der Waals surface area contributed by atoms with E-state index in [1.54, 1.807) is 7.11 Å². The summed E-state index contributed by atoms with van der Waals surface area (Å²) in [6.07, 6.45) is 36.2. The summed E-state index contributed by atoms with van der Waals surface area (Å²) in [5.74, 6) is 0. The molecule has 0 saturated carbocycles. The van der Waals surface area contributed by atoms with Crippen molar-refractivity contribution >= 4 is 0 Å². The van der Waals surface area contributed by atoms with Crippen molar-refractivity contribution in [3.05, 3.63) is 24.3 Å². The van der Waals surface area contributed by atoms with Crippen LogP contribution in [0.15, 0.2) is 24.3 Å². The maximum atomic E-state index is 4.78. The fourth-order valence-corrected chi connectivity index (χ4v) is 3.45. The number of rotatable bonds is 23. The maximum absolute atomic E-state index is 4.78. The second kappa shape index (κ2) is 34.0. The summed E-state index contributed by atoms with van der Waals surface area (Å²) in [6, 6.07) is 0. The van der Waals surface area contributed by atoms with Crippen LogP contribution in [-0.4, -0.2) is 13.7 Å². The molecule has 0 aliphatic carbocycles. The molecule has 0 aromatic heterocycles. The van der Waals surface area contributed by atoms with Crippen LogP contribution in [0.2, 0.25) is 0 Å². The van der Waals surface area contributed by atoms with Crippen LogP contribution in [-0.2, 0) is 9.78 Å². The van der Waals surface area contributed by atoms with Gasteiger partial charge < -0.3 is 0 Å². The number of hydrogen-bond donors (Lipinski definition) is 0. The Labute approximate surface area is 197 Å². The van der Waals surface area contributed by atoms with Crippen molar-refractivity contribution in [3.63, 3.8) is 0 Å². The zero-order chi connectivity index (χ0) is 23.1. The highest BCUT2D eigenvalue weighted by Gasteiger charge is 1.92. The molecule has 0 aromatic carbocycles. The van der Waals surface area contributed by atoms with Gasteiger partial charge in [0, 0.05) is 0 Å². The summed E-state index contributed by atoms with van der Waals surface area (Å²) in [5, 5.41) is 0. The lowest BCUT2D eigenvalue weighted by Gasteiger charge is -2.01. The molecule has 31 heavy (non-hydrogen) atoms. The monoisotopic (exact) mass is 438 g/mol. The van der Waals surface area contributed by atoms with Gasteiger partial charge in [-0.05, 0) is 44.9 Å². The number of allylic oxidation sites excluding steroid dienone is 4. The minimum atomic E-state index is 0.742. The first-order valence-corrected chi connectivity index (χ1v) is 13.8. The lowest BCUT2D eigenvalue weighted by Crippen LogP contribution is -1.92. The van der Waals surface area contributed by atoms with E-state index in [-0.39, 0.29) is 0 Å². The average molecular weight is 439 g/mol. The largest absolute Gasteiger partial charge is 0.240 e. The molecule has 2 nitrogen and oxygen atoms in total. The molecule has 0 heterocycles. The second-order valence-corrected chi connectivity index (χ2v) is 8.66. The molecular formula is C29H58O2. The Balaban J connectivity index is 0. The van der Waals surface area contributed by atoms with E-state index < -0.39 is 0 Å². The van der Waals surface area contributed by atoms with Crippen molar-refractivity contribution < 1.29 is 9.78 Å². The highest BCUT2D eigenvalue weighted by Crippen LogP contribution is 2.10. The second-order valence-electron chi connectivity index (χ2n) is 8.66. The van der Waals surface area contributed by atoms with Gasteiger partial charge >= 0.3 is 0 Å². The third kappa shape index (κ3) is 37.1. The van der Waals surface area contributed by atoms with Gasteiger partial charge in [-0.25, -0.2) is 9.78 Å².